The number of nitrogens with zero attached hydrogens (tertiary/aromatic N) is 1. The van der Waals surface area contributed by atoms with Crippen LogP contribution in [-0.2, 0) is 4.79 Å². The molecular formula is C13H24N2O. The summed E-state index contributed by atoms with van der Waals surface area (Å²) in [4.78, 5) is 14.8. The molecule has 1 N–H and O–H groups in total. The lowest BCUT2D eigenvalue weighted by atomic mass is 9.81. The first-order chi connectivity index (χ1) is 7.73. The van der Waals surface area contributed by atoms with E-state index in [2.05, 4.69) is 24.1 Å². The summed E-state index contributed by atoms with van der Waals surface area (Å²) < 4.78 is 0. The number of hydrogen-bond donors (Lipinski definition) is 1. The van der Waals surface area contributed by atoms with Gasteiger partial charge < -0.3 is 10.2 Å². The van der Waals surface area contributed by atoms with Crippen molar-refractivity contribution >= 4 is 5.91 Å². The average Bonchev–Trinajstić information content (AvgIpc) is 2.71. The van der Waals surface area contributed by atoms with Gasteiger partial charge in [0.05, 0.1) is 6.04 Å². The first kappa shape index (κ1) is 11.9. The molecule has 0 aromatic carbocycles. The van der Waals surface area contributed by atoms with E-state index in [0.717, 1.165) is 38.9 Å². The Labute approximate surface area is 98.6 Å². The molecule has 0 radical (unpaired) electrons. The van der Waals surface area contributed by atoms with Crippen molar-refractivity contribution < 1.29 is 4.79 Å². The number of nitrogens with one attached hydrogen (secondary N) is 1. The van der Waals surface area contributed by atoms with Gasteiger partial charge >= 0.3 is 0 Å². The van der Waals surface area contributed by atoms with Gasteiger partial charge in [-0.2, -0.15) is 0 Å². The standard InChI is InChI=1S/C13H24N2O/c1-3-13(7-5-6-8-13)12(16)15(4-2)11-9-14-10-11/h11,14H,3-10H2,1-2H3. The third kappa shape index (κ3) is 1.86. The summed E-state index contributed by atoms with van der Waals surface area (Å²) in [5.41, 5.74) is -0.00833. The molecular weight excluding hydrogens is 200 g/mol. The van der Waals surface area contributed by atoms with Crippen LogP contribution in [0.1, 0.15) is 46.0 Å². The van der Waals surface area contributed by atoms with Crippen LogP contribution in [0.2, 0.25) is 0 Å². The zero-order chi connectivity index (χ0) is 11.6. The molecule has 0 aromatic heterocycles. The van der Waals surface area contributed by atoms with E-state index in [0.29, 0.717) is 11.9 Å². The molecule has 1 heterocycles. The Bertz CT molecular complexity index is 255. The molecule has 2 rings (SSSR count). The molecule has 1 aliphatic heterocycles. The molecule has 0 spiro atoms. The highest BCUT2D eigenvalue weighted by Gasteiger charge is 2.43. The van der Waals surface area contributed by atoms with Gasteiger partial charge in [-0.25, -0.2) is 0 Å². The monoisotopic (exact) mass is 224 g/mol. The largest absolute Gasteiger partial charge is 0.337 e. The van der Waals surface area contributed by atoms with Crippen molar-refractivity contribution in [1.29, 1.82) is 0 Å². The molecule has 3 nitrogen and oxygen atoms in total. The van der Waals surface area contributed by atoms with Crippen molar-refractivity contribution in [1.82, 2.24) is 10.2 Å². The number of amides is 1. The lowest BCUT2D eigenvalue weighted by Gasteiger charge is -2.42. The average molecular weight is 224 g/mol. The van der Waals surface area contributed by atoms with E-state index < -0.39 is 0 Å². The molecule has 0 aromatic rings. The van der Waals surface area contributed by atoms with Crippen LogP contribution in [0.3, 0.4) is 0 Å². The Hall–Kier alpha value is -0.570. The quantitative estimate of drug-likeness (QED) is 0.789. The number of carbonyl (C=O) groups is 1. The Morgan fingerprint density at radius 3 is 2.31 bits per heavy atom. The molecule has 0 unspecified atom stereocenters. The fourth-order valence-corrected chi connectivity index (χ4v) is 3.14. The van der Waals surface area contributed by atoms with E-state index in [9.17, 15) is 4.79 Å². The summed E-state index contributed by atoms with van der Waals surface area (Å²) in [6, 6.07) is 0.460. The summed E-state index contributed by atoms with van der Waals surface area (Å²) in [5, 5.41) is 3.26. The second-order valence-electron chi connectivity index (χ2n) is 5.24. The zero-order valence-corrected chi connectivity index (χ0v) is 10.6. The lowest BCUT2D eigenvalue weighted by molar-refractivity contribution is -0.145. The molecule has 1 aliphatic carbocycles. The van der Waals surface area contributed by atoms with E-state index in [1.807, 2.05) is 0 Å². The molecule has 1 saturated heterocycles. The Balaban J connectivity index is 2.08. The van der Waals surface area contributed by atoms with Crippen LogP contribution in [0.4, 0.5) is 0 Å². The highest BCUT2D eigenvalue weighted by Crippen LogP contribution is 2.42. The maximum absolute atomic E-state index is 12.7. The fourth-order valence-electron chi connectivity index (χ4n) is 3.14. The third-order valence-corrected chi connectivity index (χ3v) is 4.49. The molecule has 0 atom stereocenters. The first-order valence-corrected chi connectivity index (χ1v) is 6.75. The van der Waals surface area contributed by atoms with E-state index in [1.54, 1.807) is 0 Å². The minimum absolute atomic E-state index is 0.00833. The van der Waals surface area contributed by atoms with Gasteiger partial charge in [-0.05, 0) is 26.2 Å². The normalized spacial score (nSPS) is 24.1. The topological polar surface area (TPSA) is 32.3 Å². The van der Waals surface area contributed by atoms with E-state index in [-0.39, 0.29) is 5.41 Å². The van der Waals surface area contributed by atoms with Crippen LogP contribution >= 0.6 is 0 Å². The predicted octanol–water partition coefficient (Wildman–Crippen LogP) is 1.78. The van der Waals surface area contributed by atoms with Crippen molar-refractivity contribution in [2.45, 2.75) is 52.0 Å². The predicted molar refractivity (Wildman–Crippen MR) is 65.2 cm³/mol. The zero-order valence-electron chi connectivity index (χ0n) is 10.6. The summed E-state index contributed by atoms with van der Waals surface area (Å²) in [6.07, 6.45) is 5.71. The molecule has 1 saturated carbocycles. The van der Waals surface area contributed by atoms with Crippen LogP contribution in [0.25, 0.3) is 0 Å². The maximum Gasteiger partial charge on any atom is 0.229 e. The van der Waals surface area contributed by atoms with Gasteiger partial charge in [0.25, 0.3) is 0 Å². The van der Waals surface area contributed by atoms with Gasteiger partial charge in [0.2, 0.25) is 5.91 Å². The van der Waals surface area contributed by atoms with Gasteiger partial charge in [-0.1, -0.05) is 19.8 Å². The van der Waals surface area contributed by atoms with Crippen LogP contribution in [0, 0.1) is 5.41 Å². The second-order valence-corrected chi connectivity index (χ2v) is 5.24. The van der Waals surface area contributed by atoms with E-state index >= 15 is 0 Å². The summed E-state index contributed by atoms with van der Waals surface area (Å²) in [6.45, 7) is 7.12. The molecule has 1 amide bonds. The Morgan fingerprint density at radius 1 is 1.31 bits per heavy atom. The second kappa shape index (κ2) is 4.74. The van der Waals surface area contributed by atoms with Crippen LogP contribution < -0.4 is 5.32 Å². The van der Waals surface area contributed by atoms with Crippen molar-refractivity contribution in [2.24, 2.45) is 5.41 Å². The summed E-state index contributed by atoms with van der Waals surface area (Å²) in [7, 11) is 0. The smallest absolute Gasteiger partial charge is 0.229 e. The Morgan fingerprint density at radius 2 is 1.94 bits per heavy atom. The summed E-state index contributed by atoms with van der Waals surface area (Å²) >= 11 is 0. The van der Waals surface area contributed by atoms with Gasteiger partial charge in [-0.15, -0.1) is 0 Å². The van der Waals surface area contributed by atoms with Gasteiger partial charge in [0.15, 0.2) is 0 Å². The minimum atomic E-state index is -0.00833. The van der Waals surface area contributed by atoms with Crippen LogP contribution in [-0.4, -0.2) is 36.5 Å². The summed E-state index contributed by atoms with van der Waals surface area (Å²) in [5.74, 6) is 0.432. The number of rotatable bonds is 4. The number of carbonyl (C=O) groups excluding carboxylic acids is 1. The molecule has 2 fully saturated rings. The third-order valence-electron chi connectivity index (χ3n) is 4.49. The molecule has 16 heavy (non-hydrogen) atoms. The molecule has 0 bridgehead atoms. The van der Waals surface area contributed by atoms with Crippen molar-refractivity contribution in [3.05, 3.63) is 0 Å². The SMILES string of the molecule is CCN(C(=O)C1(CC)CCCC1)C1CNC1. The Kier molecular flexibility index (Phi) is 3.53. The molecule has 3 heteroatoms. The van der Waals surface area contributed by atoms with E-state index in [4.69, 9.17) is 0 Å². The van der Waals surface area contributed by atoms with Crippen LogP contribution in [0.5, 0.6) is 0 Å². The first-order valence-electron chi connectivity index (χ1n) is 6.75. The fraction of sp³-hybridized carbons (Fsp3) is 0.923. The lowest BCUT2D eigenvalue weighted by Crippen LogP contribution is -2.61. The van der Waals surface area contributed by atoms with Crippen molar-refractivity contribution in [2.75, 3.05) is 19.6 Å². The van der Waals surface area contributed by atoms with Gasteiger partial charge in [-0.3, -0.25) is 4.79 Å². The van der Waals surface area contributed by atoms with Gasteiger partial charge in [0.1, 0.15) is 0 Å². The molecule has 92 valence electrons. The minimum Gasteiger partial charge on any atom is -0.337 e. The van der Waals surface area contributed by atoms with E-state index in [1.165, 1.54) is 12.8 Å². The van der Waals surface area contributed by atoms with Crippen molar-refractivity contribution in [3.8, 4) is 0 Å². The maximum atomic E-state index is 12.7. The highest BCUT2D eigenvalue weighted by molar-refractivity contribution is 5.83. The van der Waals surface area contributed by atoms with Crippen molar-refractivity contribution in [3.63, 3.8) is 0 Å². The highest BCUT2D eigenvalue weighted by atomic mass is 16.2. The molecule has 2 aliphatic rings. The number of likely N-dealkylation sites (N-methyl/N-ethyl adjacent to an activating group) is 1. The van der Waals surface area contributed by atoms with Gasteiger partial charge in [0, 0.05) is 25.0 Å². The van der Waals surface area contributed by atoms with Crippen LogP contribution in [0.15, 0.2) is 0 Å². The number of hydrogen-bond acceptors (Lipinski definition) is 2.